The van der Waals surface area contributed by atoms with Crippen LogP contribution in [0, 0.1) is 11.8 Å². The predicted molar refractivity (Wildman–Crippen MR) is 48.1 cm³/mol. The van der Waals surface area contributed by atoms with Crippen LogP contribution in [0.15, 0.2) is 24.3 Å². The second kappa shape index (κ2) is 1.61. The van der Waals surface area contributed by atoms with E-state index >= 15 is 0 Å². The predicted octanol–water partition coefficient (Wildman–Crippen LogP) is 2.91. The molecule has 0 nitrogen and oxygen atoms in total. The van der Waals surface area contributed by atoms with Crippen LogP contribution in [0.4, 0.5) is 0 Å². The molecule has 0 heterocycles. The van der Waals surface area contributed by atoms with E-state index in [0.29, 0.717) is 0 Å². The van der Waals surface area contributed by atoms with Gasteiger partial charge in [-0.25, -0.2) is 0 Å². The molecule has 3 aliphatic rings. The van der Waals surface area contributed by atoms with Crippen molar-refractivity contribution < 1.29 is 0 Å². The molecule has 3 aliphatic carbocycles. The summed E-state index contributed by atoms with van der Waals surface area (Å²) in [6, 6.07) is 9.12. The van der Waals surface area contributed by atoms with E-state index in [1.807, 2.05) is 0 Å². The Morgan fingerprint density at radius 1 is 0.833 bits per heavy atom. The highest BCUT2D eigenvalue weighted by Gasteiger charge is 2.59. The lowest BCUT2D eigenvalue weighted by Crippen LogP contribution is -1.99. The van der Waals surface area contributed by atoms with Crippen LogP contribution in [-0.2, 0) is 0 Å². The fourth-order valence-electron chi connectivity index (χ4n) is 3.69. The molecule has 0 spiro atoms. The van der Waals surface area contributed by atoms with Gasteiger partial charge in [0.25, 0.3) is 0 Å². The molecule has 2 bridgehead atoms. The Morgan fingerprint density at radius 2 is 1.42 bits per heavy atom. The molecule has 4 rings (SSSR count). The van der Waals surface area contributed by atoms with Gasteiger partial charge >= 0.3 is 0 Å². The minimum absolute atomic E-state index is 0.969. The van der Waals surface area contributed by atoms with Gasteiger partial charge in [-0.05, 0) is 47.6 Å². The van der Waals surface area contributed by atoms with Crippen molar-refractivity contribution >= 4 is 0 Å². The third-order valence-electron chi connectivity index (χ3n) is 4.23. The molecule has 0 saturated heterocycles. The van der Waals surface area contributed by atoms with Gasteiger partial charge in [0.15, 0.2) is 0 Å². The van der Waals surface area contributed by atoms with Crippen LogP contribution in [-0.4, -0.2) is 0 Å². The second-order valence-corrected chi connectivity index (χ2v) is 4.64. The van der Waals surface area contributed by atoms with E-state index in [9.17, 15) is 0 Å². The Balaban J connectivity index is 2.01. The lowest BCUT2D eigenvalue weighted by atomic mass is 9.92. The van der Waals surface area contributed by atoms with Gasteiger partial charge in [0.05, 0.1) is 0 Å². The highest BCUT2D eigenvalue weighted by Crippen LogP contribution is 2.70. The summed E-state index contributed by atoms with van der Waals surface area (Å²) >= 11 is 0. The van der Waals surface area contributed by atoms with E-state index in [1.54, 1.807) is 11.1 Å². The molecule has 12 heavy (non-hydrogen) atoms. The molecule has 60 valence electrons. The molecule has 4 unspecified atom stereocenters. The zero-order valence-electron chi connectivity index (χ0n) is 7.03. The van der Waals surface area contributed by atoms with Crippen LogP contribution in [0.5, 0.6) is 0 Å². The Hall–Kier alpha value is -0.780. The van der Waals surface area contributed by atoms with Gasteiger partial charge < -0.3 is 0 Å². The Labute approximate surface area is 72.6 Å². The van der Waals surface area contributed by atoms with Crippen molar-refractivity contribution in [1.82, 2.24) is 0 Å². The molecular formula is C12H12. The highest BCUT2D eigenvalue weighted by molar-refractivity contribution is 5.45. The quantitative estimate of drug-likeness (QED) is 0.541. The number of rotatable bonds is 0. The van der Waals surface area contributed by atoms with Crippen LogP contribution in [0.1, 0.15) is 35.8 Å². The Kier molecular flexibility index (Phi) is 0.778. The van der Waals surface area contributed by atoms with Gasteiger partial charge in [-0.1, -0.05) is 24.3 Å². The van der Waals surface area contributed by atoms with E-state index in [-0.39, 0.29) is 0 Å². The minimum atomic E-state index is 0.969. The molecule has 1 aromatic carbocycles. The number of benzene rings is 1. The summed E-state index contributed by atoms with van der Waals surface area (Å²) in [4.78, 5) is 0. The maximum atomic E-state index is 2.36. The van der Waals surface area contributed by atoms with E-state index in [4.69, 9.17) is 0 Å². The van der Waals surface area contributed by atoms with E-state index in [1.165, 1.54) is 12.8 Å². The van der Waals surface area contributed by atoms with Crippen molar-refractivity contribution in [1.29, 1.82) is 0 Å². The molecule has 0 aliphatic heterocycles. The Morgan fingerprint density at radius 3 is 2.00 bits per heavy atom. The van der Waals surface area contributed by atoms with Crippen molar-refractivity contribution in [2.45, 2.75) is 24.7 Å². The van der Waals surface area contributed by atoms with Crippen LogP contribution in [0.2, 0.25) is 0 Å². The van der Waals surface area contributed by atoms with Gasteiger partial charge in [0.2, 0.25) is 0 Å². The van der Waals surface area contributed by atoms with E-state index < -0.39 is 0 Å². The summed E-state index contributed by atoms with van der Waals surface area (Å²) in [5, 5.41) is 0. The molecule has 1 aromatic rings. The molecule has 0 N–H and O–H groups in total. The molecule has 0 aromatic heterocycles. The summed E-state index contributed by atoms with van der Waals surface area (Å²) in [5.74, 6) is 4.14. The summed E-state index contributed by atoms with van der Waals surface area (Å²) in [5.41, 5.74) is 3.39. The SMILES string of the molecule is c1ccc2c(c1)C1CC2C2CC12. The summed E-state index contributed by atoms with van der Waals surface area (Å²) < 4.78 is 0. The lowest BCUT2D eigenvalue weighted by Gasteiger charge is -2.12. The number of hydrogen-bond donors (Lipinski definition) is 0. The highest BCUT2D eigenvalue weighted by atomic mass is 14.6. The largest absolute Gasteiger partial charge is 0.0620 e. The zero-order chi connectivity index (χ0) is 7.71. The smallest absolute Gasteiger partial charge is 0.0122 e. The van der Waals surface area contributed by atoms with Gasteiger partial charge in [0.1, 0.15) is 0 Å². The third-order valence-corrected chi connectivity index (χ3v) is 4.23. The first-order valence-corrected chi connectivity index (χ1v) is 5.04. The van der Waals surface area contributed by atoms with E-state index in [2.05, 4.69) is 24.3 Å². The fourth-order valence-corrected chi connectivity index (χ4v) is 3.69. The van der Waals surface area contributed by atoms with Crippen molar-refractivity contribution in [3.63, 3.8) is 0 Å². The first-order valence-electron chi connectivity index (χ1n) is 5.04. The number of hydrogen-bond acceptors (Lipinski definition) is 0. The van der Waals surface area contributed by atoms with E-state index in [0.717, 1.165) is 23.7 Å². The number of fused-ring (bicyclic) bond motifs is 8. The summed E-state index contributed by atoms with van der Waals surface area (Å²) in [6.45, 7) is 0. The minimum Gasteiger partial charge on any atom is -0.0620 e. The molecule has 0 heteroatoms. The van der Waals surface area contributed by atoms with Gasteiger partial charge in [0, 0.05) is 0 Å². The zero-order valence-corrected chi connectivity index (χ0v) is 7.03. The third kappa shape index (κ3) is 0.475. The normalized spacial score (nSPS) is 45.7. The molecule has 2 fully saturated rings. The second-order valence-electron chi connectivity index (χ2n) is 4.64. The summed E-state index contributed by atoms with van der Waals surface area (Å²) in [7, 11) is 0. The van der Waals surface area contributed by atoms with Gasteiger partial charge in [-0.15, -0.1) is 0 Å². The maximum Gasteiger partial charge on any atom is -0.0122 e. The lowest BCUT2D eigenvalue weighted by molar-refractivity contribution is 0.638. The van der Waals surface area contributed by atoms with Crippen molar-refractivity contribution in [3.05, 3.63) is 35.4 Å². The summed E-state index contributed by atoms with van der Waals surface area (Å²) in [6.07, 6.45) is 3.01. The standard InChI is InChI=1S/C12H12/c1-2-4-8-7(3-1)9-5-10(8)12-6-11(9)12/h1-4,9-12H,5-6H2. The van der Waals surface area contributed by atoms with Crippen LogP contribution in [0.3, 0.4) is 0 Å². The average molecular weight is 156 g/mol. The van der Waals surface area contributed by atoms with Crippen LogP contribution < -0.4 is 0 Å². The molecule has 0 amide bonds. The van der Waals surface area contributed by atoms with Gasteiger partial charge in [-0.2, -0.15) is 0 Å². The van der Waals surface area contributed by atoms with Crippen molar-refractivity contribution in [3.8, 4) is 0 Å². The van der Waals surface area contributed by atoms with Crippen LogP contribution in [0.25, 0.3) is 0 Å². The monoisotopic (exact) mass is 156 g/mol. The fraction of sp³-hybridized carbons (Fsp3) is 0.500. The molecule has 0 radical (unpaired) electrons. The maximum absolute atomic E-state index is 2.36. The van der Waals surface area contributed by atoms with Crippen molar-refractivity contribution in [2.75, 3.05) is 0 Å². The first-order chi connectivity index (χ1) is 5.95. The van der Waals surface area contributed by atoms with Crippen molar-refractivity contribution in [2.24, 2.45) is 11.8 Å². The van der Waals surface area contributed by atoms with Gasteiger partial charge in [-0.3, -0.25) is 0 Å². The molecular weight excluding hydrogens is 144 g/mol. The molecule has 2 saturated carbocycles. The first kappa shape index (κ1) is 5.80. The van der Waals surface area contributed by atoms with Crippen LogP contribution >= 0.6 is 0 Å². The average Bonchev–Trinajstić information content (AvgIpc) is 2.74. The topological polar surface area (TPSA) is 0 Å². The molecule has 4 atom stereocenters. The Bertz CT molecular complexity index is 320.